The van der Waals surface area contributed by atoms with Gasteiger partial charge in [0, 0.05) is 13.1 Å². The normalized spacial score (nSPS) is 29.3. The first-order chi connectivity index (χ1) is 14.3. The van der Waals surface area contributed by atoms with Gasteiger partial charge in [-0.1, -0.05) is 82.6 Å². The largest absolute Gasteiger partial charge is 0.387 e. The Bertz CT molecular complexity index is 860. The van der Waals surface area contributed by atoms with Gasteiger partial charge in [0.1, 0.15) is 0 Å². The molecule has 0 spiro atoms. The van der Waals surface area contributed by atoms with Crippen molar-refractivity contribution in [3.8, 4) is 0 Å². The van der Waals surface area contributed by atoms with E-state index in [2.05, 4.69) is 51.2 Å². The minimum absolute atomic E-state index is 0.274. The van der Waals surface area contributed by atoms with Crippen LogP contribution in [0.3, 0.4) is 0 Å². The maximum Gasteiger partial charge on any atom is 0.0914 e. The monoisotopic (exact) mass is 405 g/mol. The van der Waals surface area contributed by atoms with E-state index in [1.165, 1.54) is 37.7 Å². The van der Waals surface area contributed by atoms with Crippen LogP contribution in [0.5, 0.6) is 0 Å². The minimum atomic E-state index is -0.439. The highest BCUT2D eigenvalue weighted by atomic mass is 16.3. The number of benzene rings is 2. The van der Waals surface area contributed by atoms with Gasteiger partial charge in [-0.3, -0.25) is 0 Å². The molecule has 2 aromatic carbocycles. The van der Waals surface area contributed by atoms with Crippen molar-refractivity contribution in [3.63, 3.8) is 0 Å². The molecule has 0 amide bonds. The van der Waals surface area contributed by atoms with Gasteiger partial charge in [-0.2, -0.15) is 0 Å². The standard InChI is InChI=1S/C28H39NO/c1-20(2)22-11-13-24-23(17-22)12-14-26-27(3,15-8-16-28(24,26)4)19-29-18-25(30)21-9-6-5-7-10-21/h5-7,9-11,13,17,20,25-26,29-30H,8,12,14-16,18-19H2,1-4H3. The van der Waals surface area contributed by atoms with Gasteiger partial charge in [-0.05, 0) is 70.6 Å². The zero-order chi connectivity index (χ0) is 21.4. The van der Waals surface area contributed by atoms with Crippen molar-refractivity contribution in [3.05, 3.63) is 70.8 Å². The highest BCUT2D eigenvalue weighted by Crippen LogP contribution is 2.57. The van der Waals surface area contributed by atoms with Gasteiger partial charge in [-0.15, -0.1) is 0 Å². The van der Waals surface area contributed by atoms with E-state index in [9.17, 15) is 5.11 Å². The van der Waals surface area contributed by atoms with Crippen molar-refractivity contribution in [2.75, 3.05) is 13.1 Å². The fraction of sp³-hybridized carbons (Fsp3) is 0.571. The molecule has 4 unspecified atom stereocenters. The lowest BCUT2D eigenvalue weighted by Gasteiger charge is -2.56. The summed E-state index contributed by atoms with van der Waals surface area (Å²) in [5.41, 5.74) is 6.23. The Morgan fingerprint density at radius 1 is 1.03 bits per heavy atom. The van der Waals surface area contributed by atoms with Crippen LogP contribution in [0, 0.1) is 11.3 Å². The molecule has 0 aliphatic heterocycles. The maximum atomic E-state index is 10.6. The molecule has 162 valence electrons. The summed E-state index contributed by atoms with van der Waals surface area (Å²) < 4.78 is 0. The maximum absolute atomic E-state index is 10.6. The quantitative estimate of drug-likeness (QED) is 0.605. The Hall–Kier alpha value is -1.64. The summed E-state index contributed by atoms with van der Waals surface area (Å²) in [6.07, 6.45) is 5.92. The van der Waals surface area contributed by atoms with Gasteiger partial charge >= 0.3 is 0 Å². The molecular weight excluding hydrogens is 366 g/mol. The van der Waals surface area contributed by atoms with Gasteiger partial charge in [0.15, 0.2) is 0 Å². The highest BCUT2D eigenvalue weighted by molar-refractivity contribution is 5.42. The first-order valence-electron chi connectivity index (χ1n) is 11.9. The number of hydrogen-bond donors (Lipinski definition) is 2. The Morgan fingerprint density at radius 2 is 1.80 bits per heavy atom. The lowest BCUT2D eigenvalue weighted by molar-refractivity contribution is 0.0235. The number of fused-ring (bicyclic) bond motifs is 3. The van der Waals surface area contributed by atoms with E-state index in [0.717, 1.165) is 12.1 Å². The molecule has 2 aromatic rings. The van der Waals surface area contributed by atoms with Gasteiger partial charge in [0.2, 0.25) is 0 Å². The Morgan fingerprint density at radius 3 is 2.53 bits per heavy atom. The third-order valence-corrected chi connectivity index (χ3v) is 8.22. The predicted molar refractivity (Wildman–Crippen MR) is 126 cm³/mol. The fourth-order valence-electron chi connectivity index (χ4n) is 6.50. The van der Waals surface area contributed by atoms with Crippen LogP contribution in [0.2, 0.25) is 0 Å². The zero-order valence-electron chi connectivity index (χ0n) is 19.2. The molecule has 0 saturated heterocycles. The predicted octanol–water partition coefficient (Wildman–Crippen LogP) is 6.14. The van der Waals surface area contributed by atoms with Crippen LogP contribution in [0.15, 0.2) is 48.5 Å². The lowest BCUT2D eigenvalue weighted by atomic mass is 9.49. The number of nitrogens with one attached hydrogen (secondary N) is 1. The van der Waals surface area contributed by atoms with Crippen molar-refractivity contribution in [2.24, 2.45) is 11.3 Å². The number of aliphatic hydroxyl groups is 1. The zero-order valence-corrected chi connectivity index (χ0v) is 19.2. The van der Waals surface area contributed by atoms with E-state index in [1.807, 2.05) is 30.3 Å². The van der Waals surface area contributed by atoms with Crippen molar-refractivity contribution in [2.45, 2.75) is 77.2 Å². The second kappa shape index (κ2) is 8.48. The molecule has 0 heterocycles. The summed E-state index contributed by atoms with van der Waals surface area (Å²) in [5.74, 6) is 1.29. The number of aryl methyl sites for hydroxylation is 1. The molecular formula is C28H39NO. The summed E-state index contributed by atoms with van der Waals surface area (Å²) in [4.78, 5) is 0. The van der Waals surface area contributed by atoms with Crippen LogP contribution in [-0.4, -0.2) is 18.2 Å². The fourth-order valence-corrected chi connectivity index (χ4v) is 6.50. The molecule has 2 nitrogen and oxygen atoms in total. The average molecular weight is 406 g/mol. The molecule has 1 saturated carbocycles. The molecule has 2 aliphatic rings. The first-order valence-corrected chi connectivity index (χ1v) is 11.9. The van der Waals surface area contributed by atoms with E-state index in [-0.39, 0.29) is 10.8 Å². The van der Waals surface area contributed by atoms with Crippen LogP contribution in [0.4, 0.5) is 0 Å². The number of hydrogen-bond acceptors (Lipinski definition) is 2. The molecule has 4 atom stereocenters. The number of rotatable bonds is 6. The average Bonchev–Trinajstić information content (AvgIpc) is 2.73. The van der Waals surface area contributed by atoms with Crippen LogP contribution >= 0.6 is 0 Å². The van der Waals surface area contributed by atoms with Gasteiger partial charge < -0.3 is 10.4 Å². The molecule has 4 rings (SSSR count). The van der Waals surface area contributed by atoms with Crippen molar-refractivity contribution >= 4 is 0 Å². The third-order valence-electron chi connectivity index (χ3n) is 8.22. The molecule has 2 aliphatic carbocycles. The van der Waals surface area contributed by atoms with Crippen LogP contribution < -0.4 is 5.32 Å². The van der Waals surface area contributed by atoms with Gasteiger partial charge in [-0.25, -0.2) is 0 Å². The highest BCUT2D eigenvalue weighted by Gasteiger charge is 2.51. The molecule has 2 heteroatoms. The molecule has 1 fully saturated rings. The third kappa shape index (κ3) is 3.97. The van der Waals surface area contributed by atoms with Gasteiger partial charge in [0.05, 0.1) is 6.10 Å². The van der Waals surface area contributed by atoms with Crippen LogP contribution in [0.25, 0.3) is 0 Å². The molecule has 0 aromatic heterocycles. The van der Waals surface area contributed by atoms with E-state index in [0.29, 0.717) is 18.4 Å². The topological polar surface area (TPSA) is 32.3 Å². The van der Waals surface area contributed by atoms with Crippen molar-refractivity contribution in [1.29, 1.82) is 0 Å². The molecule has 2 N–H and O–H groups in total. The second-order valence-electron chi connectivity index (χ2n) is 10.6. The number of aliphatic hydroxyl groups excluding tert-OH is 1. The Balaban J connectivity index is 1.49. The van der Waals surface area contributed by atoms with Gasteiger partial charge in [0.25, 0.3) is 0 Å². The summed E-state index contributed by atoms with van der Waals surface area (Å²) in [6, 6.07) is 17.3. The van der Waals surface area contributed by atoms with E-state index in [4.69, 9.17) is 0 Å². The smallest absolute Gasteiger partial charge is 0.0914 e. The Kier molecular flexibility index (Phi) is 6.10. The summed E-state index contributed by atoms with van der Waals surface area (Å²) >= 11 is 0. The van der Waals surface area contributed by atoms with E-state index >= 15 is 0 Å². The summed E-state index contributed by atoms with van der Waals surface area (Å²) in [5, 5.41) is 14.2. The van der Waals surface area contributed by atoms with Crippen molar-refractivity contribution < 1.29 is 5.11 Å². The van der Waals surface area contributed by atoms with E-state index in [1.54, 1.807) is 11.1 Å². The lowest BCUT2D eigenvalue weighted by Crippen LogP contribution is -2.52. The minimum Gasteiger partial charge on any atom is -0.387 e. The summed E-state index contributed by atoms with van der Waals surface area (Å²) in [7, 11) is 0. The molecule has 30 heavy (non-hydrogen) atoms. The Labute approximate surface area is 183 Å². The molecule has 0 radical (unpaired) electrons. The first kappa shape index (κ1) is 21.6. The van der Waals surface area contributed by atoms with Crippen molar-refractivity contribution in [1.82, 2.24) is 5.32 Å². The van der Waals surface area contributed by atoms with Crippen LogP contribution in [0.1, 0.15) is 87.7 Å². The molecule has 0 bridgehead atoms. The van der Waals surface area contributed by atoms with Crippen LogP contribution in [-0.2, 0) is 11.8 Å². The summed E-state index contributed by atoms with van der Waals surface area (Å²) in [6.45, 7) is 11.2. The second-order valence-corrected chi connectivity index (χ2v) is 10.6. The SMILES string of the molecule is CC(C)c1ccc2c(c1)CCC1C(C)(CNCC(O)c3ccccc3)CCCC21C. The van der Waals surface area contributed by atoms with E-state index < -0.39 is 6.10 Å².